The zero-order valence-corrected chi connectivity index (χ0v) is 13.0. The highest BCUT2D eigenvalue weighted by Crippen LogP contribution is 2.16. The average molecular weight is 297 g/mol. The number of benzene rings is 2. The molecule has 3 nitrogen and oxygen atoms in total. The van der Waals surface area contributed by atoms with Gasteiger partial charge in [-0.05, 0) is 42.7 Å². The van der Waals surface area contributed by atoms with Crippen LogP contribution in [0.1, 0.15) is 31.7 Å². The van der Waals surface area contributed by atoms with Gasteiger partial charge in [0.05, 0.1) is 6.61 Å². The van der Waals surface area contributed by atoms with Crippen molar-refractivity contribution in [2.24, 2.45) is 0 Å². The van der Waals surface area contributed by atoms with Crippen LogP contribution in [-0.2, 0) is 11.2 Å². The smallest absolute Gasteiger partial charge is 0.224 e. The number of hydrogen-bond donors (Lipinski definition) is 1. The molecule has 0 heterocycles. The lowest BCUT2D eigenvalue weighted by Crippen LogP contribution is -2.12. The van der Waals surface area contributed by atoms with E-state index in [-0.39, 0.29) is 5.91 Å². The highest BCUT2D eigenvalue weighted by molar-refractivity contribution is 5.90. The first-order valence-electron chi connectivity index (χ1n) is 7.84. The number of nitrogens with one attached hydrogen (secondary N) is 1. The van der Waals surface area contributed by atoms with Crippen LogP contribution in [0.4, 0.5) is 5.69 Å². The third-order valence-corrected chi connectivity index (χ3v) is 3.39. The van der Waals surface area contributed by atoms with Crippen molar-refractivity contribution in [3.05, 3.63) is 60.2 Å². The fourth-order valence-electron chi connectivity index (χ4n) is 2.09. The molecule has 22 heavy (non-hydrogen) atoms. The molecule has 116 valence electrons. The summed E-state index contributed by atoms with van der Waals surface area (Å²) in [5.74, 6) is 0.874. The molecule has 0 aromatic heterocycles. The van der Waals surface area contributed by atoms with E-state index in [1.807, 2.05) is 54.6 Å². The Morgan fingerprint density at radius 1 is 1.05 bits per heavy atom. The maximum atomic E-state index is 11.9. The first-order valence-corrected chi connectivity index (χ1v) is 7.84. The van der Waals surface area contributed by atoms with Gasteiger partial charge in [-0.2, -0.15) is 0 Å². The van der Waals surface area contributed by atoms with E-state index in [2.05, 4.69) is 12.2 Å². The minimum atomic E-state index is 0.0310. The summed E-state index contributed by atoms with van der Waals surface area (Å²) in [6.45, 7) is 2.87. The van der Waals surface area contributed by atoms with Crippen LogP contribution in [0.3, 0.4) is 0 Å². The van der Waals surface area contributed by atoms with Crippen molar-refractivity contribution < 1.29 is 9.53 Å². The lowest BCUT2D eigenvalue weighted by molar-refractivity contribution is -0.116. The first-order chi connectivity index (χ1) is 10.8. The van der Waals surface area contributed by atoms with Gasteiger partial charge in [-0.3, -0.25) is 4.79 Å². The molecule has 2 rings (SSSR count). The van der Waals surface area contributed by atoms with Gasteiger partial charge in [0.2, 0.25) is 5.91 Å². The second-order valence-corrected chi connectivity index (χ2v) is 5.26. The summed E-state index contributed by atoms with van der Waals surface area (Å²) in [6, 6.07) is 17.6. The molecule has 1 N–H and O–H groups in total. The Balaban J connectivity index is 1.76. The second kappa shape index (κ2) is 8.88. The number of ether oxygens (including phenoxy) is 1. The molecule has 0 bridgehead atoms. The van der Waals surface area contributed by atoms with E-state index in [4.69, 9.17) is 4.74 Å². The van der Waals surface area contributed by atoms with E-state index in [1.54, 1.807) is 0 Å². The lowest BCUT2D eigenvalue weighted by Gasteiger charge is -2.08. The highest BCUT2D eigenvalue weighted by atomic mass is 16.5. The Morgan fingerprint density at radius 3 is 2.45 bits per heavy atom. The number of amides is 1. The molecule has 0 aliphatic heterocycles. The van der Waals surface area contributed by atoms with Crippen molar-refractivity contribution in [1.82, 2.24) is 0 Å². The Labute approximate surface area is 132 Å². The Hall–Kier alpha value is -2.29. The SMILES string of the molecule is CCCCOc1ccc(NC(=O)CCc2ccccc2)cc1. The van der Waals surface area contributed by atoms with Crippen molar-refractivity contribution in [3.8, 4) is 5.75 Å². The molecule has 0 aliphatic rings. The number of unbranched alkanes of at least 4 members (excludes halogenated alkanes) is 1. The topological polar surface area (TPSA) is 38.3 Å². The first kappa shape index (κ1) is 16.1. The van der Waals surface area contributed by atoms with E-state index in [0.29, 0.717) is 6.42 Å². The van der Waals surface area contributed by atoms with E-state index in [1.165, 1.54) is 5.56 Å². The highest BCUT2D eigenvalue weighted by Gasteiger charge is 2.03. The summed E-state index contributed by atoms with van der Waals surface area (Å²) in [6.07, 6.45) is 3.41. The summed E-state index contributed by atoms with van der Waals surface area (Å²) >= 11 is 0. The van der Waals surface area contributed by atoms with Gasteiger partial charge in [-0.1, -0.05) is 43.7 Å². The molecule has 2 aromatic rings. The van der Waals surface area contributed by atoms with E-state index in [0.717, 1.165) is 37.3 Å². The van der Waals surface area contributed by atoms with Crippen LogP contribution < -0.4 is 10.1 Å². The summed E-state index contributed by atoms with van der Waals surface area (Å²) in [5.41, 5.74) is 1.98. The van der Waals surface area contributed by atoms with Gasteiger partial charge in [-0.25, -0.2) is 0 Å². The van der Waals surface area contributed by atoms with Crippen LogP contribution in [0.2, 0.25) is 0 Å². The average Bonchev–Trinajstić information content (AvgIpc) is 2.56. The van der Waals surface area contributed by atoms with Crippen molar-refractivity contribution in [2.45, 2.75) is 32.6 Å². The van der Waals surface area contributed by atoms with Crippen LogP contribution in [0.15, 0.2) is 54.6 Å². The molecule has 2 aromatic carbocycles. The third-order valence-electron chi connectivity index (χ3n) is 3.39. The number of rotatable bonds is 8. The number of carbonyl (C=O) groups excluding carboxylic acids is 1. The largest absolute Gasteiger partial charge is 0.494 e. The van der Waals surface area contributed by atoms with Gasteiger partial charge >= 0.3 is 0 Å². The standard InChI is InChI=1S/C19H23NO2/c1-2-3-15-22-18-12-10-17(11-13-18)20-19(21)14-9-16-7-5-4-6-8-16/h4-8,10-13H,2-3,9,14-15H2,1H3,(H,20,21). The molecular formula is C19H23NO2. The van der Waals surface area contributed by atoms with Crippen molar-refractivity contribution >= 4 is 11.6 Å². The summed E-state index contributed by atoms with van der Waals surface area (Å²) in [7, 11) is 0. The van der Waals surface area contributed by atoms with Crippen molar-refractivity contribution in [3.63, 3.8) is 0 Å². The van der Waals surface area contributed by atoms with Gasteiger partial charge in [0.25, 0.3) is 0 Å². The minimum absolute atomic E-state index is 0.0310. The molecule has 0 fully saturated rings. The molecule has 0 aliphatic carbocycles. The number of carbonyl (C=O) groups is 1. The minimum Gasteiger partial charge on any atom is -0.494 e. The van der Waals surface area contributed by atoms with Crippen molar-refractivity contribution in [1.29, 1.82) is 0 Å². The molecule has 0 unspecified atom stereocenters. The second-order valence-electron chi connectivity index (χ2n) is 5.26. The predicted octanol–water partition coefficient (Wildman–Crippen LogP) is 4.44. The molecular weight excluding hydrogens is 274 g/mol. The molecule has 0 saturated heterocycles. The van der Waals surface area contributed by atoms with Gasteiger partial charge < -0.3 is 10.1 Å². The Morgan fingerprint density at radius 2 is 1.77 bits per heavy atom. The quantitative estimate of drug-likeness (QED) is 0.732. The fourth-order valence-corrected chi connectivity index (χ4v) is 2.09. The Kier molecular flexibility index (Phi) is 6.49. The Bertz CT molecular complexity index is 564. The molecule has 0 saturated carbocycles. The molecule has 0 atom stereocenters. The number of aryl methyl sites for hydroxylation is 1. The lowest BCUT2D eigenvalue weighted by atomic mass is 10.1. The van der Waals surface area contributed by atoms with Gasteiger partial charge in [-0.15, -0.1) is 0 Å². The zero-order chi connectivity index (χ0) is 15.6. The van der Waals surface area contributed by atoms with Crippen LogP contribution in [0.25, 0.3) is 0 Å². The monoisotopic (exact) mass is 297 g/mol. The molecule has 0 radical (unpaired) electrons. The normalized spacial score (nSPS) is 10.2. The molecule has 1 amide bonds. The summed E-state index contributed by atoms with van der Waals surface area (Å²) < 4.78 is 5.60. The van der Waals surface area contributed by atoms with Gasteiger partial charge in [0.15, 0.2) is 0 Å². The van der Waals surface area contributed by atoms with Gasteiger partial charge in [0.1, 0.15) is 5.75 Å². The van der Waals surface area contributed by atoms with Crippen LogP contribution in [0.5, 0.6) is 5.75 Å². The maximum absolute atomic E-state index is 11.9. The van der Waals surface area contributed by atoms with Crippen molar-refractivity contribution in [2.75, 3.05) is 11.9 Å². The number of anilines is 1. The van der Waals surface area contributed by atoms with Crippen LogP contribution >= 0.6 is 0 Å². The summed E-state index contributed by atoms with van der Waals surface area (Å²) in [5, 5.41) is 2.91. The third kappa shape index (κ3) is 5.60. The zero-order valence-electron chi connectivity index (χ0n) is 13.0. The molecule has 0 spiro atoms. The maximum Gasteiger partial charge on any atom is 0.224 e. The van der Waals surface area contributed by atoms with E-state index < -0.39 is 0 Å². The van der Waals surface area contributed by atoms with Crippen LogP contribution in [-0.4, -0.2) is 12.5 Å². The van der Waals surface area contributed by atoms with E-state index in [9.17, 15) is 4.79 Å². The van der Waals surface area contributed by atoms with Crippen LogP contribution in [0, 0.1) is 0 Å². The predicted molar refractivity (Wildman–Crippen MR) is 90.2 cm³/mol. The van der Waals surface area contributed by atoms with E-state index >= 15 is 0 Å². The molecule has 3 heteroatoms. The summed E-state index contributed by atoms with van der Waals surface area (Å²) in [4.78, 5) is 11.9. The fraction of sp³-hybridized carbons (Fsp3) is 0.316. The van der Waals surface area contributed by atoms with Gasteiger partial charge in [0, 0.05) is 12.1 Å². The number of hydrogen-bond acceptors (Lipinski definition) is 2.